The number of carbonyl (C=O) groups is 1. The SMILES string of the molecule is CCOCC(C)OC(=O)c1cn(C)nc1C. The molecule has 90 valence electrons. The number of hydrogen-bond donors (Lipinski definition) is 0. The second-order valence-corrected chi connectivity index (χ2v) is 3.68. The molecule has 0 amide bonds. The van der Waals surface area contributed by atoms with Gasteiger partial charge < -0.3 is 9.47 Å². The van der Waals surface area contributed by atoms with Crippen LogP contribution in [-0.2, 0) is 16.5 Å². The fraction of sp³-hybridized carbons (Fsp3) is 0.636. The van der Waals surface area contributed by atoms with Gasteiger partial charge in [0.1, 0.15) is 11.7 Å². The topological polar surface area (TPSA) is 53.4 Å². The summed E-state index contributed by atoms with van der Waals surface area (Å²) in [5.74, 6) is -0.349. The van der Waals surface area contributed by atoms with Crippen LogP contribution in [0.25, 0.3) is 0 Å². The number of nitrogens with zero attached hydrogens (tertiary/aromatic N) is 2. The lowest BCUT2D eigenvalue weighted by atomic mass is 10.3. The first kappa shape index (κ1) is 12.7. The summed E-state index contributed by atoms with van der Waals surface area (Å²) >= 11 is 0. The van der Waals surface area contributed by atoms with Crippen LogP contribution in [-0.4, -0.2) is 35.1 Å². The average Bonchev–Trinajstić information content (AvgIpc) is 2.54. The minimum atomic E-state index is -0.349. The smallest absolute Gasteiger partial charge is 0.341 e. The van der Waals surface area contributed by atoms with E-state index in [1.807, 2.05) is 6.92 Å². The van der Waals surface area contributed by atoms with E-state index in [4.69, 9.17) is 9.47 Å². The van der Waals surface area contributed by atoms with Crippen LogP contribution in [0.5, 0.6) is 0 Å². The van der Waals surface area contributed by atoms with Crippen molar-refractivity contribution < 1.29 is 14.3 Å². The maximum atomic E-state index is 11.7. The first-order chi connectivity index (χ1) is 7.54. The third kappa shape index (κ3) is 3.34. The first-order valence-corrected chi connectivity index (χ1v) is 5.33. The third-order valence-corrected chi connectivity index (χ3v) is 2.10. The lowest BCUT2D eigenvalue weighted by molar-refractivity contribution is 0.00433. The fourth-order valence-electron chi connectivity index (χ4n) is 1.36. The normalized spacial score (nSPS) is 12.5. The highest BCUT2D eigenvalue weighted by atomic mass is 16.6. The molecule has 1 aromatic rings. The van der Waals surface area contributed by atoms with Crippen molar-refractivity contribution in [2.24, 2.45) is 7.05 Å². The van der Waals surface area contributed by atoms with E-state index >= 15 is 0 Å². The molecule has 5 heteroatoms. The second kappa shape index (κ2) is 5.65. The van der Waals surface area contributed by atoms with Gasteiger partial charge in [-0.3, -0.25) is 4.68 Å². The lowest BCUT2D eigenvalue weighted by Crippen LogP contribution is -2.20. The Labute approximate surface area is 95.3 Å². The third-order valence-electron chi connectivity index (χ3n) is 2.10. The summed E-state index contributed by atoms with van der Waals surface area (Å²) in [6.45, 7) is 6.53. The molecule has 1 unspecified atom stereocenters. The first-order valence-electron chi connectivity index (χ1n) is 5.33. The molecule has 0 spiro atoms. The van der Waals surface area contributed by atoms with E-state index in [1.165, 1.54) is 0 Å². The highest BCUT2D eigenvalue weighted by Crippen LogP contribution is 2.08. The molecule has 0 bridgehead atoms. The zero-order chi connectivity index (χ0) is 12.1. The van der Waals surface area contributed by atoms with Gasteiger partial charge in [0.25, 0.3) is 0 Å². The summed E-state index contributed by atoms with van der Waals surface area (Å²) in [6, 6.07) is 0. The Hall–Kier alpha value is -1.36. The molecule has 5 nitrogen and oxygen atoms in total. The van der Waals surface area contributed by atoms with Crippen LogP contribution in [0.4, 0.5) is 0 Å². The number of hydrogen-bond acceptors (Lipinski definition) is 4. The van der Waals surface area contributed by atoms with Gasteiger partial charge in [-0.1, -0.05) is 0 Å². The zero-order valence-corrected chi connectivity index (χ0v) is 10.2. The monoisotopic (exact) mass is 226 g/mol. The van der Waals surface area contributed by atoms with Crippen molar-refractivity contribution >= 4 is 5.97 Å². The van der Waals surface area contributed by atoms with Gasteiger partial charge >= 0.3 is 5.97 Å². The van der Waals surface area contributed by atoms with Crippen LogP contribution in [0.15, 0.2) is 6.20 Å². The number of aromatic nitrogens is 2. The van der Waals surface area contributed by atoms with E-state index < -0.39 is 0 Å². The van der Waals surface area contributed by atoms with Crippen molar-refractivity contribution in [1.29, 1.82) is 0 Å². The molecule has 0 saturated heterocycles. The largest absolute Gasteiger partial charge is 0.457 e. The summed E-state index contributed by atoms with van der Waals surface area (Å²) in [5, 5.41) is 4.09. The molecule has 1 rings (SSSR count). The Morgan fingerprint density at radius 2 is 2.31 bits per heavy atom. The molecule has 0 aliphatic rings. The molecular weight excluding hydrogens is 208 g/mol. The summed E-state index contributed by atoms with van der Waals surface area (Å²) < 4.78 is 12.0. The Morgan fingerprint density at radius 1 is 1.62 bits per heavy atom. The van der Waals surface area contributed by atoms with Gasteiger partial charge in [0.15, 0.2) is 0 Å². The predicted molar refractivity (Wildman–Crippen MR) is 59.3 cm³/mol. The number of aryl methyl sites for hydroxylation is 2. The molecule has 0 aliphatic heterocycles. The molecule has 0 fully saturated rings. The van der Waals surface area contributed by atoms with E-state index in [2.05, 4.69) is 5.10 Å². The molecule has 1 heterocycles. The zero-order valence-electron chi connectivity index (χ0n) is 10.2. The maximum Gasteiger partial charge on any atom is 0.341 e. The lowest BCUT2D eigenvalue weighted by Gasteiger charge is -2.12. The second-order valence-electron chi connectivity index (χ2n) is 3.68. The predicted octanol–water partition coefficient (Wildman–Crippen LogP) is 1.31. The molecule has 16 heavy (non-hydrogen) atoms. The van der Waals surface area contributed by atoms with Crippen molar-refractivity contribution in [3.8, 4) is 0 Å². The summed E-state index contributed by atoms with van der Waals surface area (Å²) in [5.41, 5.74) is 1.18. The highest BCUT2D eigenvalue weighted by Gasteiger charge is 2.16. The van der Waals surface area contributed by atoms with Gasteiger partial charge in [0, 0.05) is 19.9 Å². The molecule has 0 radical (unpaired) electrons. The van der Waals surface area contributed by atoms with Crippen LogP contribution < -0.4 is 0 Å². The molecule has 1 aromatic heterocycles. The van der Waals surface area contributed by atoms with Gasteiger partial charge in [-0.2, -0.15) is 5.10 Å². The van der Waals surface area contributed by atoms with Gasteiger partial charge in [0.05, 0.1) is 12.3 Å². The Kier molecular flexibility index (Phi) is 4.49. The molecular formula is C11H18N2O3. The summed E-state index contributed by atoms with van der Waals surface area (Å²) in [7, 11) is 1.77. The average molecular weight is 226 g/mol. The van der Waals surface area contributed by atoms with Crippen molar-refractivity contribution in [1.82, 2.24) is 9.78 Å². The van der Waals surface area contributed by atoms with E-state index in [0.29, 0.717) is 24.5 Å². The van der Waals surface area contributed by atoms with Crippen molar-refractivity contribution in [3.63, 3.8) is 0 Å². The maximum absolute atomic E-state index is 11.7. The highest BCUT2D eigenvalue weighted by molar-refractivity contribution is 5.90. The molecule has 0 aliphatic carbocycles. The standard InChI is InChI=1S/C11H18N2O3/c1-5-15-7-8(2)16-11(14)10-6-13(4)12-9(10)3/h6,8H,5,7H2,1-4H3. The van der Waals surface area contributed by atoms with Gasteiger partial charge in [-0.25, -0.2) is 4.79 Å². The Morgan fingerprint density at radius 3 is 2.81 bits per heavy atom. The van der Waals surface area contributed by atoms with Gasteiger partial charge in [-0.05, 0) is 20.8 Å². The van der Waals surface area contributed by atoms with Crippen LogP contribution in [0.3, 0.4) is 0 Å². The number of esters is 1. The minimum absolute atomic E-state index is 0.243. The number of carbonyl (C=O) groups excluding carboxylic acids is 1. The van der Waals surface area contributed by atoms with E-state index in [0.717, 1.165) is 0 Å². The number of ether oxygens (including phenoxy) is 2. The van der Waals surface area contributed by atoms with E-state index in [9.17, 15) is 4.79 Å². The Bertz CT molecular complexity index is 360. The van der Waals surface area contributed by atoms with E-state index in [-0.39, 0.29) is 12.1 Å². The summed E-state index contributed by atoms with van der Waals surface area (Å²) in [6.07, 6.45) is 1.41. The van der Waals surface area contributed by atoms with Crippen molar-refractivity contribution in [2.75, 3.05) is 13.2 Å². The van der Waals surface area contributed by atoms with Gasteiger partial charge in [-0.15, -0.1) is 0 Å². The van der Waals surface area contributed by atoms with Crippen LogP contribution >= 0.6 is 0 Å². The Balaban J connectivity index is 2.55. The minimum Gasteiger partial charge on any atom is -0.457 e. The van der Waals surface area contributed by atoms with Crippen molar-refractivity contribution in [3.05, 3.63) is 17.5 Å². The fourth-order valence-corrected chi connectivity index (χ4v) is 1.36. The van der Waals surface area contributed by atoms with E-state index in [1.54, 1.807) is 31.8 Å². The molecule has 1 atom stereocenters. The van der Waals surface area contributed by atoms with Crippen LogP contribution in [0, 0.1) is 6.92 Å². The molecule has 0 N–H and O–H groups in total. The molecule has 0 aromatic carbocycles. The van der Waals surface area contributed by atoms with Gasteiger partial charge in [0.2, 0.25) is 0 Å². The molecule has 0 saturated carbocycles. The van der Waals surface area contributed by atoms with Crippen molar-refractivity contribution in [2.45, 2.75) is 26.9 Å². The van der Waals surface area contributed by atoms with Crippen LogP contribution in [0.2, 0.25) is 0 Å². The van der Waals surface area contributed by atoms with Crippen LogP contribution in [0.1, 0.15) is 29.9 Å². The quantitative estimate of drug-likeness (QED) is 0.710. The number of rotatable bonds is 5. The summed E-state index contributed by atoms with van der Waals surface area (Å²) in [4.78, 5) is 11.7.